The van der Waals surface area contributed by atoms with Crippen molar-refractivity contribution in [1.82, 2.24) is 0 Å². The molecule has 0 aliphatic rings. The number of hydrogen-bond acceptors (Lipinski definition) is 2. The average molecular weight is 218 g/mol. The summed E-state index contributed by atoms with van der Waals surface area (Å²) in [6, 6.07) is 12.0. The van der Waals surface area contributed by atoms with Crippen molar-refractivity contribution in [2.24, 2.45) is 5.73 Å². The molecule has 4 heteroatoms. The molecule has 0 heterocycles. The summed E-state index contributed by atoms with van der Waals surface area (Å²) in [5.74, 6) is -0.773. The number of carboxylic acids is 1. The van der Waals surface area contributed by atoms with Crippen LogP contribution in [0.5, 0.6) is 0 Å². The van der Waals surface area contributed by atoms with Gasteiger partial charge in [0.25, 0.3) is 0 Å². The van der Waals surface area contributed by atoms with E-state index < -0.39 is 5.97 Å². The molecular formula is C10H16ClNO2. The van der Waals surface area contributed by atoms with Gasteiger partial charge in [-0.3, -0.25) is 4.79 Å². The quantitative estimate of drug-likeness (QED) is 0.813. The summed E-state index contributed by atoms with van der Waals surface area (Å²) in [4.78, 5) is 9.70. The molecule has 3 N–H and O–H groups in total. The summed E-state index contributed by atoms with van der Waals surface area (Å²) in [6.07, 6.45) is 0.770. The zero-order chi connectivity index (χ0) is 9.94. The normalized spacial score (nSPS) is 7.79. The third-order valence-corrected chi connectivity index (χ3v) is 1.26. The van der Waals surface area contributed by atoms with E-state index in [0.717, 1.165) is 0 Å². The smallest absolute Gasteiger partial charge is 0.303 e. The van der Waals surface area contributed by atoms with E-state index in [4.69, 9.17) is 10.8 Å². The number of carboxylic acid groups (broad SMARTS) is 1. The Bertz CT molecular complexity index is 190. The highest BCUT2D eigenvalue weighted by molar-refractivity contribution is 5.85. The minimum Gasteiger partial charge on any atom is -0.481 e. The molecule has 0 saturated heterocycles. The van der Waals surface area contributed by atoms with E-state index in [-0.39, 0.29) is 18.8 Å². The van der Waals surface area contributed by atoms with Crippen LogP contribution in [0.4, 0.5) is 0 Å². The van der Waals surface area contributed by atoms with E-state index in [1.807, 2.05) is 36.4 Å². The summed E-state index contributed by atoms with van der Waals surface area (Å²) in [5.41, 5.74) is 5.01. The van der Waals surface area contributed by atoms with Crippen LogP contribution in [0.25, 0.3) is 0 Å². The predicted octanol–water partition coefficient (Wildman–Crippen LogP) is 1.92. The Labute approximate surface area is 90.3 Å². The van der Waals surface area contributed by atoms with Crippen molar-refractivity contribution in [3.63, 3.8) is 0 Å². The number of carbonyl (C=O) groups is 1. The van der Waals surface area contributed by atoms with E-state index in [1.165, 1.54) is 0 Å². The summed E-state index contributed by atoms with van der Waals surface area (Å²) in [7, 11) is 0. The van der Waals surface area contributed by atoms with Gasteiger partial charge in [0.15, 0.2) is 0 Å². The van der Waals surface area contributed by atoms with Gasteiger partial charge < -0.3 is 10.8 Å². The molecular weight excluding hydrogens is 202 g/mol. The van der Waals surface area contributed by atoms with E-state index in [0.29, 0.717) is 13.0 Å². The largest absolute Gasteiger partial charge is 0.481 e. The van der Waals surface area contributed by atoms with Crippen LogP contribution in [-0.2, 0) is 4.79 Å². The Morgan fingerprint density at radius 3 is 1.57 bits per heavy atom. The van der Waals surface area contributed by atoms with Crippen molar-refractivity contribution in [3.8, 4) is 0 Å². The molecule has 3 nitrogen and oxygen atoms in total. The van der Waals surface area contributed by atoms with Crippen LogP contribution in [0.3, 0.4) is 0 Å². The van der Waals surface area contributed by atoms with E-state index in [2.05, 4.69) is 0 Å². The number of hydrogen-bond donors (Lipinski definition) is 2. The van der Waals surface area contributed by atoms with Gasteiger partial charge in [-0.25, -0.2) is 0 Å². The molecule has 80 valence electrons. The standard InChI is InChI=1S/C6H6.C4H9NO2.ClH/c1-2-4-6-5-3-1;5-3-1-2-4(6)7;/h1-6H;1-3,5H2,(H,6,7);1H. The number of rotatable bonds is 3. The third-order valence-electron chi connectivity index (χ3n) is 1.26. The van der Waals surface area contributed by atoms with Gasteiger partial charge in [-0.15, -0.1) is 12.4 Å². The van der Waals surface area contributed by atoms with Crippen LogP contribution in [0.15, 0.2) is 36.4 Å². The Morgan fingerprint density at radius 1 is 1.07 bits per heavy atom. The average Bonchev–Trinajstić information content (AvgIpc) is 2.18. The fourth-order valence-corrected chi connectivity index (χ4v) is 0.638. The molecule has 0 spiro atoms. The second-order valence-electron chi connectivity index (χ2n) is 2.44. The van der Waals surface area contributed by atoms with Gasteiger partial charge in [0.1, 0.15) is 0 Å². The maximum Gasteiger partial charge on any atom is 0.303 e. The molecule has 1 aromatic carbocycles. The predicted molar refractivity (Wildman–Crippen MR) is 59.6 cm³/mol. The second kappa shape index (κ2) is 11.9. The van der Waals surface area contributed by atoms with Gasteiger partial charge >= 0.3 is 5.97 Å². The summed E-state index contributed by atoms with van der Waals surface area (Å²) in [5, 5.41) is 7.99. The van der Waals surface area contributed by atoms with Crippen molar-refractivity contribution in [2.45, 2.75) is 12.8 Å². The fraction of sp³-hybridized carbons (Fsp3) is 0.300. The van der Waals surface area contributed by atoms with Crippen molar-refractivity contribution in [3.05, 3.63) is 36.4 Å². The summed E-state index contributed by atoms with van der Waals surface area (Å²) < 4.78 is 0. The zero-order valence-corrected chi connectivity index (χ0v) is 8.74. The summed E-state index contributed by atoms with van der Waals surface area (Å²) in [6.45, 7) is 0.465. The molecule has 0 unspecified atom stereocenters. The first-order valence-corrected chi connectivity index (χ1v) is 4.19. The van der Waals surface area contributed by atoms with Gasteiger partial charge in [-0.1, -0.05) is 36.4 Å². The lowest BCUT2D eigenvalue weighted by atomic mass is 10.3. The zero-order valence-electron chi connectivity index (χ0n) is 7.93. The molecule has 14 heavy (non-hydrogen) atoms. The molecule has 0 fully saturated rings. The molecule has 1 rings (SSSR count). The lowest BCUT2D eigenvalue weighted by molar-refractivity contribution is -0.137. The highest BCUT2D eigenvalue weighted by Crippen LogP contribution is 1.82. The molecule has 1 aromatic rings. The third kappa shape index (κ3) is 13.5. The lowest BCUT2D eigenvalue weighted by Crippen LogP contribution is -2.02. The second-order valence-corrected chi connectivity index (χ2v) is 2.44. The van der Waals surface area contributed by atoms with Gasteiger partial charge in [0.2, 0.25) is 0 Å². The summed E-state index contributed by atoms with van der Waals surface area (Å²) >= 11 is 0. The molecule has 0 aliphatic carbocycles. The topological polar surface area (TPSA) is 63.3 Å². The van der Waals surface area contributed by atoms with Gasteiger partial charge in [0.05, 0.1) is 0 Å². The Balaban J connectivity index is 0. The maximum absolute atomic E-state index is 9.70. The number of benzene rings is 1. The maximum atomic E-state index is 9.70. The van der Waals surface area contributed by atoms with E-state index in [1.54, 1.807) is 0 Å². The fourth-order valence-electron chi connectivity index (χ4n) is 0.638. The van der Waals surface area contributed by atoms with Crippen LogP contribution in [-0.4, -0.2) is 17.6 Å². The molecule has 0 atom stereocenters. The molecule has 0 bridgehead atoms. The number of halogens is 1. The highest BCUT2D eigenvalue weighted by Gasteiger charge is 1.91. The van der Waals surface area contributed by atoms with Crippen LogP contribution in [0.2, 0.25) is 0 Å². The molecule has 0 aromatic heterocycles. The van der Waals surface area contributed by atoms with Crippen molar-refractivity contribution in [1.29, 1.82) is 0 Å². The first-order chi connectivity index (χ1) is 6.27. The first kappa shape index (κ1) is 15.4. The van der Waals surface area contributed by atoms with Crippen LogP contribution >= 0.6 is 12.4 Å². The minimum atomic E-state index is -0.773. The monoisotopic (exact) mass is 217 g/mol. The Kier molecular flexibility index (Phi) is 13.1. The first-order valence-electron chi connectivity index (χ1n) is 4.19. The van der Waals surface area contributed by atoms with Crippen molar-refractivity contribution < 1.29 is 9.90 Å². The minimum absolute atomic E-state index is 0. The van der Waals surface area contributed by atoms with Gasteiger partial charge in [0, 0.05) is 6.42 Å². The van der Waals surface area contributed by atoms with E-state index >= 15 is 0 Å². The Hall–Kier alpha value is -1.06. The Morgan fingerprint density at radius 2 is 1.43 bits per heavy atom. The van der Waals surface area contributed by atoms with Crippen LogP contribution < -0.4 is 5.73 Å². The SMILES string of the molecule is Cl.NCCCC(=O)O.c1ccccc1. The molecule has 0 radical (unpaired) electrons. The molecule has 0 aliphatic heterocycles. The molecule has 0 amide bonds. The highest BCUT2D eigenvalue weighted by atomic mass is 35.5. The lowest BCUT2D eigenvalue weighted by Gasteiger charge is -1.86. The number of nitrogens with two attached hydrogens (primary N) is 1. The van der Waals surface area contributed by atoms with E-state index in [9.17, 15) is 4.79 Å². The van der Waals surface area contributed by atoms with Gasteiger partial charge in [-0.2, -0.15) is 0 Å². The van der Waals surface area contributed by atoms with Crippen molar-refractivity contribution >= 4 is 18.4 Å². The number of aliphatic carboxylic acids is 1. The van der Waals surface area contributed by atoms with Crippen LogP contribution in [0.1, 0.15) is 12.8 Å². The van der Waals surface area contributed by atoms with Gasteiger partial charge in [-0.05, 0) is 13.0 Å². The molecule has 0 saturated carbocycles. The van der Waals surface area contributed by atoms with Crippen LogP contribution in [0, 0.1) is 0 Å². The van der Waals surface area contributed by atoms with Crippen molar-refractivity contribution in [2.75, 3.05) is 6.54 Å².